The van der Waals surface area contributed by atoms with Crippen molar-refractivity contribution in [3.8, 4) is 0 Å². The van der Waals surface area contributed by atoms with E-state index in [1.807, 2.05) is 0 Å². The summed E-state index contributed by atoms with van der Waals surface area (Å²) in [5.74, 6) is -0.587. The summed E-state index contributed by atoms with van der Waals surface area (Å²) >= 11 is 10.0. The molecule has 1 aromatic carbocycles. The molecule has 0 saturated heterocycles. The van der Waals surface area contributed by atoms with Gasteiger partial charge < -0.3 is 20.5 Å². The molecule has 0 saturated carbocycles. The average molecular weight is 375 g/mol. The monoisotopic (exact) mass is 374 g/mol. The molecular weight excluding hydrogens is 352 g/mol. The van der Waals surface area contributed by atoms with Gasteiger partial charge in [0, 0.05) is 17.3 Å². The van der Waals surface area contributed by atoms with Crippen LogP contribution in [0.4, 0.5) is 4.79 Å². The van der Waals surface area contributed by atoms with Crippen LogP contribution in [-0.4, -0.2) is 36.0 Å². The molecule has 0 aromatic heterocycles. The molecule has 134 valence electrons. The van der Waals surface area contributed by atoms with Crippen LogP contribution in [0.5, 0.6) is 0 Å². The molecule has 24 heavy (non-hydrogen) atoms. The second-order valence-corrected chi connectivity index (χ2v) is 6.90. The molecule has 0 heterocycles. The van der Waals surface area contributed by atoms with E-state index in [2.05, 4.69) is 17.9 Å². The molecule has 0 aliphatic rings. The summed E-state index contributed by atoms with van der Waals surface area (Å²) in [5, 5.41) is 2.95. The summed E-state index contributed by atoms with van der Waals surface area (Å²) in [4.78, 5) is 24.1. The van der Waals surface area contributed by atoms with Crippen LogP contribution in [0.1, 0.15) is 32.4 Å². The fraction of sp³-hybridized carbons (Fsp3) is 0.500. The summed E-state index contributed by atoms with van der Waals surface area (Å²) in [6.45, 7) is 5.26. The van der Waals surface area contributed by atoms with E-state index < -0.39 is 29.8 Å². The number of carbonyl (C=O) groups excluding carboxylic acids is 2. The first kappa shape index (κ1) is 20.6. The predicted molar refractivity (Wildman–Crippen MR) is 96.4 cm³/mol. The van der Waals surface area contributed by atoms with Crippen molar-refractivity contribution < 1.29 is 19.1 Å². The lowest BCUT2D eigenvalue weighted by molar-refractivity contribution is -0.151. The van der Waals surface area contributed by atoms with Gasteiger partial charge in [-0.3, -0.25) is 0 Å². The Morgan fingerprint density at radius 3 is 2.54 bits per heavy atom. The van der Waals surface area contributed by atoms with E-state index >= 15 is 0 Å². The Kier molecular flexibility index (Phi) is 7.86. The first-order valence-electron chi connectivity index (χ1n) is 7.42. The number of nitrogens with two attached hydrogens (primary N) is 1. The number of ether oxygens (including phenoxy) is 2. The van der Waals surface area contributed by atoms with Crippen molar-refractivity contribution >= 4 is 36.3 Å². The summed E-state index contributed by atoms with van der Waals surface area (Å²) in [6, 6.07) is 5.93. The lowest BCUT2D eigenvalue weighted by atomic mass is 10.1. The van der Waals surface area contributed by atoms with Crippen LogP contribution >= 0.6 is 24.2 Å². The van der Waals surface area contributed by atoms with Crippen LogP contribution < -0.4 is 11.1 Å². The van der Waals surface area contributed by atoms with Gasteiger partial charge in [-0.25, -0.2) is 9.59 Å². The van der Waals surface area contributed by atoms with Gasteiger partial charge in [0.15, 0.2) is 0 Å². The van der Waals surface area contributed by atoms with Gasteiger partial charge in [0.1, 0.15) is 17.7 Å². The number of nitrogens with one attached hydrogen (secondary N) is 1. The first-order valence-corrected chi connectivity index (χ1v) is 8.43. The Balaban J connectivity index is 2.73. The Morgan fingerprint density at radius 1 is 1.38 bits per heavy atom. The highest BCUT2D eigenvalue weighted by Crippen LogP contribution is 2.21. The molecule has 1 rings (SSSR count). The van der Waals surface area contributed by atoms with Crippen molar-refractivity contribution in [2.45, 2.75) is 38.5 Å². The molecule has 8 heteroatoms. The smallest absolute Gasteiger partial charge is 0.408 e. The van der Waals surface area contributed by atoms with Gasteiger partial charge >= 0.3 is 12.1 Å². The van der Waals surface area contributed by atoms with Crippen LogP contribution in [0, 0.1) is 0 Å². The van der Waals surface area contributed by atoms with Gasteiger partial charge in [-0.05, 0) is 38.5 Å². The van der Waals surface area contributed by atoms with Crippen LogP contribution in [-0.2, 0) is 14.3 Å². The first-order chi connectivity index (χ1) is 11.2. The third kappa shape index (κ3) is 6.98. The lowest BCUT2D eigenvalue weighted by Crippen LogP contribution is -2.46. The molecule has 0 radical (unpaired) electrons. The molecule has 2 atom stereocenters. The maximum Gasteiger partial charge on any atom is 0.408 e. The molecule has 1 aromatic rings. The highest BCUT2D eigenvalue weighted by atomic mass is 35.5. The molecule has 3 N–H and O–H groups in total. The van der Waals surface area contributed by atoms with Crippen molar-refractivity contribution in [1.82, 2.24) is 5.32 Å². The van der Waals surface area contributed by atoms with Crippen molar-refractivity contribution in [1.29, 1.82) is 0 Å². The van der Waals surface area contributed by atoms with Crippen LogP contribution in [0.3, 0.4) is 0 Å². The summed E-state index contributed by atoms with van der Waals surface area (Å²) in [7, 11) is 0. The van der Waals surface area contributed by atoms with E-state index in [0.29, 0.717) is 10.6 Å². The fourth-order valence-electron chi connectivity index (χ4n) is 1.81. The van der Waals surface area contributed by atoms with Gasteiger partial charge in [-0.15, -0.1) is 0 Å². The van der Waals surface area contributed by atoms with Crippen molar-refractivity contribution in [3.05, 3.63) is 34.9 Å². The second-order valence-electron chi connectivity index (χ2n) is 6.10. The van der Waals surface area contributed by atoms with Gasteiger partial charge in [0.05, 0.1) is 0 Å². The molecule has 0 bridgehead atoms. The molecular formula is C16H23ClN2O4S. The zero-order chi connectivity index (χ0) is 18.3. The fourth-order valence-corrected chi connectivity index (χ4v) is 2.25. The normalized spacial score (nSPS) is 13.8. The topological polar surface area (TPSA) is 90.6 Å². The zero-order valence-corrected chi connectivity index (χ0v) is 15.6. The number of hydrogen-bond donors (Lipinski definition) is 3. The minimum Gasteiger partial charge on any atom is -0.455 e. The standard InChI is InChI=1S/C16H23ClN2O4S/c1-16(2,3)23-15(21)19-12(9-24)14(20)22-13(8-18)10-5-4-6-11(17)7-10/h4-7,12-13,24H,8-9,18H2,1-3H3,(H,19,21)/t12-,13+/m0/s1. The second kappa shape index (κ2) is 9.15. The van der Waals surface area contributed by atoms with Crippen molar-refractivity contribution in [2.75, 3.05) is 12.3 Å². The Hall–Kier alpha value is -1.44. The summed E-state index contributed by atoms with van der Waals surface area (Å²) in [5.41, 5.74) is 5.68. The van der Waals surface area contributed by atoms with E-state index in [1.54, 1.807) is 45.0 Å². The minimum absolute atomic E-state index is 0.0604. The molecule has 0 fully saturated rings. The highest BCUT2D eigenvalue weighted by molar-refractivity contribution is 7.80. The highest BCUT2D eigenvalue weighted by Gasteiger charge is 2.26. The molecule has 1 amide bonds. The maximum absolute atomic E-state index is 12.3. The lowest BCUT2D eigenvalue weighted by Gasteiger charge is -2.24. The quantitative estimate of drug-likeness (QED) is 0.526. The van der Waals surface area contributed by atoms with Crippen LogP contribution in [0.2, 0.25) is 5.02 Å². The number of halogens is 1. The van der Waals surface area contributed by atoms with Gasteiger partial charge in [0.2, 0.25) is 0 Å². The average Bonchev–Trinajstić information content (AvgIpc) is 2.48. The largest absolute Gasteiger partial charge is 0.455 e. The third-order valence-corrected chi connectivity index (χ3v) is 3.45. The van der Waals surface area contributed by atoms with Crippen LogP contribution in [0.25, 0.3) is 0 Å². The number of amides is 1. The summed E-state index contributed by atoms with van der Waals surface area (Å²) < 4.78 is 10.5. The Morgan fingerprint density at radius 2 is 2.04 bits per heavy atom. The number of esters is 1. The van der Waals surface area contributed by atoms with E-state index in [1.165, 1.54) is 0 Å². The molecule has 0 spiro atoms. The number of rotatable bonds is 6. The van der Waals surface area contributed by atoms with Gasteiger partial charge in [-0.2, -0.15) is 12.6 Å². The summed E-state index contributed by atoms with van der Waals surface area (Å²) in [6.07, 6.45) is -1.38. The third-order valence-electron chi connectivity index (χ3n) is 2.85. The van der Waals surface area contributed by atoms with Crippen molar-refractivity contribution in [3.63, 3.8) is 0 Å². The number of alkyl carbamates (subject to hydrolysis) is 1. The SMILES string of the molecule is CC(C)(C)OC(=O)N[C@@H](CS)C(=O)O[C@H](CN)c1cccc(Cl)c1. The number of thiol groups is 1. The molecule has 6 nitrogen and oxygen atoms in total. The molecule has 0 unspecified atom stereocenters. The number of carbonyl (C=O) groups is 2. The number of hydrogen-bond acceptors (Lipinski definition) is 6. The maximum atomic E-state index is 12.3. The number of benzene rings is 1. The van der Waals surface area contributed by atoms with E-state index in [0.717, 1.165) is 0 Å². The minimum atomic E-state index is -0.948. The molecule has 0 aliphatic heterocycles. The Labute approximate surface area is 152 Å². The van der Waals surface area contributed by atoms with Gasteiger partial charge in [-0.1, -0.05) is 23.7 Å². The molecule has 0 aliphatic carbocycles. The van der Waals surface area contributed by atoms with E-state index in [9.17, 15) is 9.59 Å². The van der Waals surface area contributed by atoms with Crippen molar-refractivity contribution in [2.24, 2.45) is 5.73 Å². The van der Waals surface area contributed by atoms with Gasteiger partial charge in [0.25, 0.3) is 0 Å². The Bertz CT molecular complexity index is 577. The zero-order valence-electron chi connectivity index (χ0n) is 13.9. The van der Waals surface area contributed by atoms with E-state index in [4.69, 9.17) is 26.8 Å². The van der Waals surface area contributed by atoms with E-state index in [-0.39, 0.29) is 12.3 Å². The predicted octanol–water partition coefficient (Wildman–Crippen LogP) is 2.71. The van der Waals surface area contributed by atoms with Crippen LogP contribution in [0.15, 0.2) is 24.3 Å².